The van der Waals surface area contributed by atoms with E-state index < -0.39 is 27.8 Å². The molecule has 0 aliphatic rings. The highest BCUT2D eigenvalue weighted by Crippen LogP contribution is 2.49. The van der Waals surface area contributed by atoms with E-state index in [1.807, 2.05) is 24.3 Å². The molecule has 2 N–H and O–H groups in total. The monoisotopic (exact) mass is 862 g/mol. The molecule has 6 heteroatoms. The van der Waals surface area contributed by atoms with Crippen molar-refractivity contribution in [2.45, 2.75) is 0 Å². The molecule has 0 aromatic heterocycles. The second-order valence-corrected chi connectivity index (χ2v) is 19.9. The third-order valence-corrected chi connectivity index (χ3v) is 16.6. The zero-order valence-electron chi connectivity index (χ0n) is 34.5. The predicted octanol–water partition coefficient (Wildman–Crippen LogP) is 11.9. The van der Waals surface area contributed by atoms with Crippen molar-refractivity contribution < 1.29 is 19.8 Å². The Balaban J connectivity index is 1.41. The molecule has 0 unspecified atom stereocenters. The summed E-state index contributed by atoms with van der Waals surface area (Å²) in [5.74, 6) is -1.92. The number of aromatic carboxylic acids is 2. The largest absolute Gasteiger partial charge is 0.478 e. The van der Waals surface area contributed by atoms with E-state index >= 15 is 0 Å². The number of hydrogen-bond donors (Lipinski definition) is 2. The Morgan fingerprint density at radius 2 is 0.578 bits per heavy atom. The maximum atomic E-state index is 12.1. The van der Waals surface area contributed by atoms with Crippen LogP contribution in [0.15, 0.2) is 231 Å². The summed E-state index contributed by atoms with van der Waals surface area (Å²) in [7, 11) is -2.37. The lowest BCUT2D eigenvalue weighted by Gasteiger charge is -2.30. The van der Waals surface area contributed by atoms with Gasteiger partial charge in [-0.1, -0.05) is 194 Å². The zero-order chi connectivity index (χ0) is 43.6. The molecule has 10 aromatic rings. The minimum Gasteiger partial charge on any atom is -0.478 e. The Kier molecular flexibility index (Phi) is 11.2. The Bertz CT molecular complexity index is 3000. The SMILES string of the molecule is O=C(O)c1ccc(-c2cc(P(c3ccccc3)c3ccccc3)c(-c3c(P(c4ccccc4)c4ccccc4)cc(-c4ccc(C(=O)O)cc4)c4ccccc34)c3ccccc23)cc1. The van der Waals surface area contributed by atoms with E-state index in [0.717, 1.165) is 54.9 Å². The fraction of sp³-hybridized carbons (Fsp3) is 0. The first-order valence-corrected chi connectivity index (χ1v) is 23.7. The Morgan fingerprint density at radius 3 is 0.859 bits per heavy atom. The number of carboxylic acid groups (broad SMARTS) is 2. The van der Waals surface area contributed by atoms with Gasteiger partial charge in [-0.05, 0) is 139 Å². The molecule has 0 saturated carbocycles. The van der Waals surface area contributed by atoms with Crippen LogP contribution in [0.4, 0.5) is 0 Å². The molecule has 10 rings (SSSR count). The number of fused-ring (bicyclic) bond motifs is 2. The van der Waals surface area contributed by atoms with E-state index in [-0.39, 0.29) is 11.1 Å². The van der Waals surface area contributed by atoms with Gasteiger partial charge in [-0.3, -0.25) is 0 Å². The molecule has 0 atom stereocenters. The van der Waals surface area contributed by atoms with Crippen molar-refractivity contribution in [2.24, 2.45) is 0 Å². The third-order valence-electron chi connectivity index (χ3n) is 11.7. The van der Waals surface area contributed by atoms with Crippen molar-refractivity contribution in [1.29, 1.82) is 0 Å². The van der Waals surface area contributed by atoms with Gasteiger partial charge in [-0.15, -0.1) is 0 Å². The smallest absolute Gasteiger partial charge is 0.335 e. The third kappa shape index (κ3) is 7.69. The van der Waals surface area contributed by atoms with Gasteiger partial charge in [0.15, 0.2) is 0 Å². The van der Waals surface area contributed by atoms with Gasteiger partial charge in [0.2, 0.25) is 0 Å². The van der Waals surface area contributed by atoms with E-state index in [0.29, 0.717) is 0 Å². The average Bonchev–Trinajstić information content (AvgIpc) is 3.35. The first kappa shape index (κ1) is 40.6. The number of carbonyl (C=O) groups is 2. The van der Waals surface area contributed by atoms with Crippen molar-refractivity contribution in [3.63, 3.8) is 0 Å². The summed E-state index contributed by atoms with van der Waals surface area (Å²) >= 11 is 0. The van der Waals surface area contributed by atoms with E-state index in [1.54, 1.807) is 24.3 Å². The van der Waals surface area contributed by atoms with Crippen molar-refractivity contribution in [1.82, 2.24) is 0 Å². The van der Waals surface area contributed by atoms with Crippen LogP contribution in [0.3, 0.4) is 0 Å². The van der Waals surface area contributed by atoms with Gasteiger partial charge >= 0.3 is 11.9 Å². The van der Waals surface area contributed by atoms with Crippen LogP contribution in [-0.4, -0.2) is 22.2 Å². The molecule has 0 spiro atoms. The van der Waals surface area contributed by atoms with Gasteiger partial charge < -0.3 is 10.2 Å². The highest BCUT2D eigenvalue weighted by atomic mass is 31.1. The van der Waals surface area contributed by atoms with E-state index in [2.05, 4.69) is 182 Å². The maximum Gasteiger partial charge on any atom is 0.335 e. The number of carboxylic acids is 2. The minimum absolute atomic E-state index is 0.240. The summed E-state index contributed by atoms with van der Waals surface area (Å²) in [4.78, 5) is 24.1. The number of rotatable bonds is 11. The van der Waals surface area contributed by atoms with Crippen molar-refractivity contribution in [2.75, 3.05) is 0 Å². The van der Waals surface area contributed by atoms with Gasteiger partial charge in [0.05, 0.1) is 11.1 Å². The highest BCUT2D eigenvalue weighted by molar-refractivity contribution is 7.81. The molecule has 0 radical (unpaired) electrons. The molecular formula is C58H40O4P2. The van der Waals surface area contributed by atoms with Gasteiger partial charge in [0.1, 0.15) is 0 Å². The summed E-state index contributed by atoms with van der Waals surface area (Å²) in [5.41, 5.74) is 6.71. The molecule has 306 valence electrons. The summed E-state index contributed by atoms with van der Waals surface area (Å²) in [5, 5.41) is 31.3. The Morgan fingerprint density at radius 1 is 0.312 bits per heavy atom. The second-order valence-electron chi connectivity index (χ2n) is 15.5. The lowest BCUT2D eigenvalue weighted by atomic mass is 9.87. The van der Waals surface area contributed by atoms with E-state index in [4.69, 9.17) is 0 Å². The number of hydrogen-bond acceptors (Lipinski definition) is 2. The van der Waals surface area contributed by atoms with Crippen LogP contribution >= 0.6 is 15.8 Å². The molecule has 0 fully saturated rings. The van der Waals surface area contributed by atoms with Crippen molar-refractivity contribution in [3.05, 3.63) is 242 Å². The van der Waals surface area contributed by atoms with Gasteiger partial charge in [0, 0.05) is 0 Å². The molecule has 0 aliphatic heterocycles. The van der Waals surface area contributed by atoms with Crippen LogP contribution in [0, 0.1) is 0 Å². The Labute approximate surface area is 374 Å². The standard InChI is InChI=1S/C58H40O4P2/c59-57(60)41-33-29-39(30-34-41)51-37-53(63(43-17-5-1-6-18-43)44-19-7-2-8-20-44)55(49-27-15-13-25-47(49)51)56-50-28-16-14-26-48(50)52(40-31-35-42(36-32-40)58(61)62)38-54(56)64(45-21-9-3-10-22-45)46-23-11-4-12-24-46/h1-38H,(H,59,60)(H,61,62). The summed E-state index contributed by atoms with van der Waals surface area (Å²) in [6.07, 6.45) is 0. The lowest BCUT2D eigenvalue weighted by molar-refractivity contribution is 0.0686. The summed E-state index contributed by atoms with van der Waals surface area (Å²) in [6, 6.07) is 79.7. The average molecular weight is 863 g/mol. The highest BCUT2D eigenvalue weighted by Gasteiger charge is 2.30. The lowest BCUT2D eigenvalue weighted by Crippen LogP contribution is -2.26. The summed E-state index contributed by atoms with van der Waals surface area (Å²) < 4.78 is 0. The molecule has 0 amide bonds. The zero-order valence-corrected chi connectivity index (χ0v) is 36.3. The van der Waals surface area contributed by atoms with Crippen LogP contribution in [0.5, 0.6) is 0 Å². The first-order valence-electron chi connectivity index (χ1n) is 21.0. The quantitative estimate of drug-likeness (QED) is 0.127. The molecular weight excluding hydrogens is 823 g/mol. The molecule has 4 nitrogen and oxygen atoms in total. The summed E-state index contributed by atoms with van der Waals surface area (Å²) in [6.45, 7) is 0. The molecule has 10 aromatic carbocycles. The molecule has 0 aliphatic carbocycles. The van der Waals surface area contributed by atoms with E-state index in [1.165, 1.54) is 31.8 Å². The van der Waals surface area contributed by atoms with Crippen LogP contribution in [0.1, 0.15) is 20.7 Å². The number of benzene rings is 10. The molecule has 64 heavy (non-hydrogen) atoms. The topological polar surface area (TPSA) is 74.6 Å². The fourth-order valence-electron chi connectivity index (χ4n) is 8.82. The van der Waals surface area contributed by atoms with Gasteiger partial charge in [0.25, 0.3) is 0 Å². The predicted molar refractivity (Wildman–Crippen MR) is 269 cm³/mol. The molecule has 0 saturated heterocycles. The second kappa shape index (κ2) is 17.7. The van der Waals surface area contributed by atoms with Gasteiger partial charge in [-0.25, -0.2) is 9.59 Å². The normalized spacial score (nSPS) is 11.3. The van der Waals surface area contributed by atoms with Crippen molar-refractivity contribution in [3.8, 4) is 33.4 Å². The molecule has 0 heterocycles. The van der Waals surface area contributed by atoms with Crippen molar-refractivity contribution >= 4 is 81.2 Å². The van der Waals surface area contributed by atoms with E-state index in [9.17, 15) is 19.8 Å². The van der Waals surface area contributed by atoms with Crippen LogP contribution in [-0.2, 0) is 0 Å². The van der Waals surface area contributed by atoms with Gasteiger partial charge in [-0.2, -0.15) is 0 Å². The molecule has 0 bridgehead atoms. The van der Waals surface area contributed by atoms with Crippen LogP contribution in [0.25, 0.3) is 54.9 Å². The van der Waals surface area contributed by atoms with Crippen LogP contribution < -0.4 is 31.8 Å². The fourth-order valence-corrected chi connectivity index (χ4v) is 13.8. The Hall–Kier alpha value is -7.48. The maximum absolute atomic E-state index is 12.1. The minimum atomic E-state index is -1.19. The van der Waals surface area contributed by atoms with Crippen LogP contribution in [0.2, 0.25) is 0 Å². The first-order chi connectivity index (χ1) is 31.4.